The predicted molar refractivity (Wildman–Crippen MR) is 101 cm³/mol. The molecule has 0 atom stereocenters. The first-order valence-corrected chi connectivity index (χ1v) is 7.47. The van der Waals surface area contributed by atoms with Crippen molar-refractivity contribution in [3.63, 3.8) is 0 Å². The second-order valence-corrected chi connectivity index (χ2v) is 5.51. The standard InChI is InChI=1S/C15H24N6O.HI/c1-11(2)14-7-13(22-20-14)9-18-15(16-4)17-5-6-21-10-12(3)8-19-21;/h7-8,10-11H,5-6,9H2,1-4H3,(H2,16,17,18);1H. The van der Waals surface area contributed by atoms with Crippen molar-refractivity contribution in [2.75, 3.05) is 13.6 Å². The summed E-state index contributed by atoms with van der Waals surface area (Å²) in [5.74, 6) is 1.90. The molecule has 0 saturated heterocycles. The van der Waals surface area contributed by atoms with Gasteiger partial charge in [-0.1, -0.05) is 19.0 Å². The van der Waals surface area contributed by atoms with Crippen LogP contribution in [0.5, 0.6) is 0 Å². The number of halogens is 1. The summed E-state index contributed by atoms with van der Waals surface area (Å²) in [6.45, 7) is 8.29. The Morgan fingerprint density at radius 2 is 2.17 bits per heavy atom. The van der Waals surface area contributed by atoms with E-state index in [1.54, 1.807) is 7.05 Å². The first-order valence-electron chi connectivity index (χ1n) is 7.47. The molecule has 0 unspecified atom stereocenters. The third kappa shape index (κ3) is 6.20. The van der Waals surface area contributed by atoms with Gasteiger partial charge >= 0.3 is 0 Å². The molecule has 0 radical (unpaired) electrons. The summed E-state index contributed by atoms with van der Waals surface area (Å²) < 4.78 is 7.19. The summed E-state index contributed by atoms with van der Waals surface area (Å²) in [5.41, 5.74) is 2.13. The highest BCUT2D eigenvalue weighted by Crippen LogP contribution is 2.13. The van der Waals surface area contributed by atoms with E-state index < -0.39 is 0 Å². The number of hydrogen-bond donors (Lipinski definition) is 2. The van der Waals surface area contributed by atoms with E-state index in [0.717, 1.165) is 36.1 Å². The van der Waals surface area contributed by atoms with Gasteiger partial charge < -0.3 is 15.2 Å². The lowest BCUT2D eigenvalue weighted by Crippen LogP contribution is -2.38. The van der Waals surface area contributed by atoms with Crippen molar-refractivity contribution in [1.82, 2.24) is 25.6 Å². The van der Waals surface area contributed by atoms with Crippen LogP contribution in [0.2, 0.25) is 0 Å². The van der Waals surface area contributed by atoms with Gasteiger partial charge in [0.2, 0.25) is 0 Å². The van der Waals surface area contributed by atoms with E-state index in [2.05, 4.69) is 39.7 Å². The summed E-state index contributed by atoms with van der Waals surface area (Å²) in [7, 11) is 1.74. The molecular weight excluding hydrogens is 407 g/mol. The molecule has 2 aromatic heterocycles. The minimum atomic E-state index is 0. The minimum Gasteiger partial charge on any atom is -0.359 e. The van der Waals surface area contributed by atoms with Gasteiger partial charge in [0, 0.05) is 25.9 Å². The van der Waals surface area contributed by atoms with Gasteiger partial charge in [-0.15, -0.1) is 24.0 Å². The Hall–Kier alpha value is -1.58. The second-order valence-electron chi connectivity index (χ2n) is 5.51. The van der Waals surface area contributed by atoms with Crippen LogP contribution in [0.4, 0.5) is 0 Å². The number of hydrogen-bond acceptors (Lipinski definition) is 4. The molecule has 0 aliphatic heterocycles. The minimum absolute atomic E-state index is 0. The van der Waals surface area contributed by atoms with E-state index in [0.29, 0.717) is 12.5 Å². The molecule has 0 fully saturated rings. The van der Waals surface area contributed by atoms with Crippen LogP contribution in [0.1, 0.15) is 36.8 Å². The lowest BCUT2D eigenvalue weighted by Gasteiger charge is -2.10. The smallest absolute Gasteiger partial charge is 0.191 e. The molecule has 8 heteroatoms. The molecule has 2 rings (SSSR count). The Bertz CT molecular complexity index is 619. The van der Waals surface area contributed by atoms with Gasteiger partial charge in [-0.2, -0.15) is 5.10 Å². The van der Waals surface area contributed by atoms with Gasteiger partial charge in [0.05, 0.1) is 25.0 Å². The summed E-state index contributed by atoms with van der Waals surface area (Å²) in [4.78, 5) is 4.18. The van der Waals surface area contributed by atoms with Gasteiger partial charge in [-0.25, -0.2) is 0 Å². The van der Waals surface area contributed by atoms with Crippen LogP contribution in [0.15, 0.2) is 28.0 Å². The van der Waals surface area contributed by atoms with E-state index in [1.165, 1.54) is 0 Å². The molecule has 23 heavy (non-hydrogen) atoms. The summed E-state index contributed by atoms with van der Waals surface area (Å²) in [6, 6.07) is 1.97. The number of aryl methyl sites for hydroxylation is 1. The van der Waals surface area contributed by atoms with E-state index in [1.807, 2.05) is 30.1 Å². The Balaban J connectivity index is 0.00000264. The van der Waals surface area contributed by atoms with Crippen molar-refractivity contribution >= 4 is 29.9 Å². The fraction of sp³-hybridized carbons (Fsp3) is 0.533. The quantitative estimate of drug-likeness (QED) is 0.416. The van der Waals surface area contributed by atoms with Gasteiger partial charge in [-0.3, -0.25) is 9.67 Å². The van der Waals surface area contributed by atoms with Gasteiger partial charge in [0.15, 0.2) is 11.7 Å². The molecule has 2 aromatic rings. The molecule has 7 nitrogen and oxygen atoms in total. The van der Waals surface area contributed by atoms with Crippen LogP contribution in [0, 0.1) is 6.92 Å². The lowest BCUT2D eigenvalue weighted by atomic mass is 10.1. The number of nitrogens with one attached hydrogen (secondary N) is 2. The highest BCUT2D eigenvalue weighted by atomic mass is 127. The largest absolute Gasteiger partial charge is 0.359 e. The monoisotopic (exact) mass is 432 g/mol. The fourth-order valence-electron chi connectivity index (χ4n) is 1.95. The SMILES string of the molecule is CN=C(NCCn1cc(C)cn1)NCc1cc(C(C)C)no1.I. The van der Waals surface area contributed by atoms with Crippen LogP contribution < -0.4 is 10.6 Å². The van der Waals surface area contributed by atoms with Crippen molar-refractivity contribution in [2.45, 2.75) is 39.8 Å². The molecule has 128 valence electrons. The molecule has 0 saturated carbocycles. The molecule has 0 aromatic carbocycles. The third-order valence-corrected chi connectivity index (χ3v) is 3.22. The number of aromatic nitrogens is 3. The van der Waals surface area contributed by atoms with Crippen molar-refractivity contribution < 1.29 is 4.52 Å². The van der Waals surface area contributed by atoms with Gasteiger partial charge in [0.25, 0.3) is 0 Å². The highest BCUT2D eigenvalue weighted by molar-refractivity contribution is 14.0. The van der Waals surface area contributed by atoms with Crippen LogP contribution in [0.3, 0.4) is 0 Å². The van der Waals surface area contributed by atoms with E-state index in [9.17, 15) is 0 Å². The van der Waals surface area contributed by atoms with Gasteiger partial charge in [-0.05, 0) is 18.4 Å². The van der Waals surface area contributed by atoms with Crippen molar-refractivity contribution in [3.05, 3.63) is 35.5 Å². The molecule has 0 aliphatic carbocycles. The van der Waals surface area contributed by atoms with E-state index >= 15 is 0 Å². The first kappa shape index (κ1) is 19.5. The van der Waals surface area contributed by atoms with E-state index in [-0.39, 0.29) is 24.0 Å². The first-order chi connectivity index (χ1) is 10.6. The molecule has 0 bridgehead atoms. The van der Waals surface area contributed by atoms with Crippen molar-refractivity contribution in [2.24, 2.45) is 4.99 Å². The van der Waals surface area contributed by atoms with Crippen LogP contribution >= 0.6 is 24.0 Å². The molecule has 0 amide bonds. The molecule has 0 spiro atoms. The molecule has 2 heterocycles. The number of aliphatic imine (C=N–C) groups is 1. The Kier molecular flexibility index (Phi) is 8.07. The maximum Gasteiger partial charge on any atom is 0.191 e. The maximum absolute atomic E-state index is 5.29. The zero-order valence-corrected chi connectivity index (χ0v) is 16.4. The lowest BCUT2D eigenvalue weighted by molar-refractivity contribution is 0.372. The second kappa shape index (κ2) is 9.53. The Labute approximate surface area is 153 Å². The summed E-state index contributed by atoms with van der Waals surface area (Å²) in [5, 5.41) is 14.7. The summed E-state index contributed by atoms with van der Waals surface area (Å²) in [6.07, 6.45) is 3.86. The molecule has 0 aliphatic rings. The topological polar surface area (TPSA) is 80.3 Å². The fourth-order valence-corrected chi connectivity index (χ4v) is 1.95. The average molecular weight is 432 g/mol. The predicted octanol–water partition coefficient (Wildman–Crippen LogP) is 2.29. The average Bonchev–Trinajstić information content (AvgIpc) is 3.11. The van der Waals surface area contributed by atoms with Crippen LogP contribution in [-0.2, 0) is 13.1 Å². The number of rotatable bonds is 6. The zero-order valence-electron chi connectivity index (χ0n) is 14.0. The summed E-state index contributed by atoms with van der Waals surface area (Å²) >= 11 is 0. The van der Waals surface area contributed by atoms with E-state index in [4.69, 9.17) is 4.52 Å². The van der Waals surface area contributed by atoms with Crippen molar-refractivity contribution in [3.8, 4) is 0 Å². The molecular formula is C15H25IN6O. The van der Waals surface area contributed by atoms with Crippen LogP contribution in [-0.4, -0.2) is 34.5 Å². The highest BCUT2D eigenvalue weighted by Gasteiger charge is 2.08. The van der Waals surface area contributed by atoms with Crippen molar-refractivity contribution in [1.29, 1.82) is 0 Å². The number of guanidine groups is 1. The normalized spacial score (nSPS) is 11.4. The van der Waals surface area contributed by atoms with Gasteiger partial charge in [0.1, 0.15) is 0 Å². The zero-order chi connectivity index (χ0) is 15.9. The Morgan fingerprint density at radius 1 is 1.39 bits per heavy atom. The Morgan fingerprint density at radius 3 is 2.74 bits per heavy atom. The third-order valence-electron chi connectivity index (χ3n) is 3.22. The maximum atomic E-state index is 5.29. The number of nitrogens with zero attached hydrogens (tertiary/aromatic N) is 4. The molecule has 2 N–H and O–H groups in total. The van der Waals surface area contributed by atoms with Crippen LogP contribution in [0.25, 0.3) is 0 Å².